The summed E-state index contributed by atoms with van der Waals surface area (Å²) in [4.78, 5) is 12.1. The van der Waals surface area contributed by atoms with Crippen molar-refractivity contribution in [2.45, 2.75) is 25.8 Å². The Hall–Kier alpha value is -2.00. The topological polar surface area (TPSA) is 42.2 Å². The zero-order valence-corrected chi connectivity index (χ0v) is 13.0. The SMILES string of the molecule is O=C(NCc1ccc(-c2ccc(Cl)cc2)o1)[C@H]1CC=CCC1. The highest BCUT2D eigenvalue weighted by Gasteiger charge is 2.18. The number of hydrogen-bond acceptors (Lipinski definition) is 2. The Balaban J connectivity index is 1.58. The number of furan rings is 1. The molecule has 1 aromatic heterocycles. The van der Waals surface area contributed by atoms with Gasteiger partial charge in [-0.3, -0.25) is 4.79 Å². The third-order valence-corrected chi connectivity index (χ3v) is 4.12. The fraction of sp³-hybridized carbons (Fsp3) is 0.278. The minimum Gasteiger partial charge on any atom is -0.459 e. The van der Waals surface area contributed by atoms with Gasteiger partial charge in [0.15, 0.2) is 0 Å². The summed E-state index contributed by atoms with van der Waals surface area (Å²) in [6.07, 6.45) is 6.96. The lowest BCUT2D eigenvalue weighted by Crippen LogP contribution is -2.30. The van der Waals surface area contributed by atoms with E-state index in [4.69, 9.17) is 16.0 Å². The van der Waals surface area contributed by atoms with Gasteiger partial charge in [-0.25, -0.2) is 0 Å². The minimum atomic E-state index is 0.0932. The van der Waals surface area contributed by atoms with E-state index in [1.54, 1.807) is 0 Å². The van der Waals surface area contributed by atoms with Gasteiger partial charge in [-0.2, -0.15) is 0 Å². The van der Waals surface area contributed by atoms with Crippen LogP contribution in [0.15, 0.2) is 53.0 Å². The molecule has 1 aliphatic rings. The first-order valence-corrected chi connectivity index (χ1v) is 7.87. The molecule has 1 aliphatic carbocycles. The van der Waals surface area contributed by atoms with Crippen molar-refractivity contribution in [2.24, 2.45) is 5.92 Å². The Morgan fingerprint density at radius 2 is 2.00 bits per heavy atom. The molecule has 3 rings (SSSR count). The van der Waals surface area contributed by atoms with Crippen molar-refractivity contribution < 1.29 is 9.21 Å². The summed E-state index contributed by atoms with van der Waals surface area (Å²) in [6, 6.07) is 11.3. The number of carbonyl (C=O) groups is 1. The van der Waals surface area contributed by atoms with E-state index in [2.05, 4.69) is 17.5 Å². The normalized spacial score (nSPS) is 17.4. The summed E-state index contributed by atoms with van der Waals surface area (Å²) in [5.74, 6) is 1.73. The highest BCUT2D eigenvalue weighted by molar-refractivity contribution is 6.30. The van der Waals surface area contributed by atoms with Crippen molar-refractivity contribution in [1.29, 1.82) is 0 Å². The molecule has 0 fully saturated rings. The third-order valence-electron chi connectivity index (χ3n) is 3.87. The van der Waals surface area contributed by atoms with Gasteiger partial charge in [-0.05, 0) is 55.7 Å². The van der Waals surface area contributed by atoms with Crippen molar-refractivity contribution in [3.05, 3.63) is 59.3 Å². The zero-order valence-electron chi connectivity index (χ0n) is 12.2. The largest absolute Gasteiger partial charge is 0.459 e. The number of nitrogens with one attached hydrogen (secondary N) is 1. The van der Waals surface area contributed by atoms with Gasteiger partial charge >= 0.3 is 0 Å². The Kier molecular flexibility index (Phi) is 4.64. The summed E-state index contributed by atoms with van der Waals surface area (Å²) in [5.41, 5.74) is 0.972. The van der Waals surface area contributed by atoms with E-state index in [0.717, 1.165) is 36.3 Å². The molecule has 1 amide bonds. The molecule has 0 radical (unpaired) electrons. The lowest BCUT2D eigenvalue weighted by molar-refractivity contribution is -0.125. The van der Waals surface area contributed by atoms with Crippen LogP contribution in [0.1, 0.15) is 25.0 Å². The molecule has 114 valence electrons. The molecular weight excluding hydrogens is 298 g/mol. The molecule has 1 aromatic carbocycles. The maximum absolute atomic E-state index is 12.1. The molecule has 0 saturated heterocycles. The molecule has 22 heavy (non-hydrogen) atoms. The molecule has 1 N–H and O–H groups in total. The first-order valence-electron chi connectivity index (χ1n) is 7.50. The zero-order chi connectivity index (χ0) is 15.4. The Morgan fingerprint density at radius 3 is 2.73 bits per heavy atom. The first-order chi connectivity index (χ1) is 10.7. The van der Waals surface area contributed by atoms with E-state index < -0.39 is 0 Å². The third kappa shape index (κ3) is 3.60. The molecule has 1 atom stereocenters. The maximum atomic E-state index is 12.1. The van der Waals surface area contributed by atoms with Crippen molar-refractivity contribution in [1.82, 2.24) is 5.32 Å². The second kappa shape index (κ2) is 6.84. The average molecular weight is 316 g/mol. The van der Waals surface area contributed by atoms with Crippen LogP contribution in [-0.2, 0) is 11.3 Å². The van der Waals surface area contributed by atoms with Crippen LogP contribution in [0.4, 0.5) is 0 Å². The lowest BCUT2D eigenvalue weighted by atomic mass is 9.94. The van der Waals surface area contributed by atoms with Crippen molar-refractivity contribution in [3.63, 3.8) is 0 Å². The van der Waals surface area contributed by atoms with Crippen LogP contribution in [0.3, 0.4) is 0 Å². The predicted molar refractivity (Wildman–Crippen MR) is 87.5 cm³/mol. The maximum Gasteiger partial charge on any atom is 0.223 e. The molecule has 1 heterocycles. The van der Waals surface area contributed by atoms with Crippen LogP contribution in [0.5, 0.6) is 0 Å². The molecule has 0 spiro atoms. The quantitative estimate of drug-likeness (QED) is 0.840. The molecule has 4 heteroatoms. The fourth-order valence-electron chi connectivity index (χ4n) is 2.59. The summed E-state index contributed by atoms with van der Waals surface area (Å²) >= 11 is 5.88. The molecular formula is C18H18ClNO2. The summed E-state index contributed by atoms with van der Waals surface area (Å²) in [6.45, 7) is 0.423. The standard InChI is InChI=1S/C18H18ClNO2/c19-15-8-6-13(7-9-15)17-11-10-16(22-17)12-20-18(21)14-4-2-1-3-5-14/h1-2,6-11,14H,3-5,12H2,(H,20,21)/t14-/m0/s1. The van der Waals surface area contributed by atoms with E-state index in [-0.39, 0.29) is 11.8 Å². The molecule has 0 aliphatic heterocycles. The average Bonchev–Trinajstić information content (AvgIpc) is 3.03. The highest BCUT2D eigenvalue weighted by atomic mass is 35.5. The van der Waals surface area contributed by atoms with Gasteiger partial charge in [0, 0.05) is 16.5 Å². The number of halogens is 1. The van der Waals surface area contributed by atoms with Gasteiger partial charge in [-0.1, -0.05) is 23.8 Å². The van der Waals surface area contributed by atoms with Crippen molar-refractivity contribution >= 4 is 17.5 Å². The fourth-order valence-corrected chi connectivity index (χ4v) is 2.72. The summed E-state index contributed by atoms with van der Waals surface area (Å²) < 4.78 is 5.78. The number of hydrogen-bond donors (Lipinski definition) is 1. The van der Waals surface area contributed by atoms with E-state index in [9.17, 15) is 4.79 Å². The number of benzene rings is 1. The second-order valence-electron chi connectivity index (χ2n) is 5.47. The molecule has 3 nitrogen and oxygen atoms in total. The van der Waals surface area contributed by atoms with Gasteiger partial charge in [-0.15, -0.1) is 0 Å². The lowest BCUT2D eigenvalue weighted by Gasteiger charge is -2.16. The monoisotopic (exact) mass is 315 g/mol. The van der Waals surface area contributed by atoms with Gasteiger partial charge in [0.2, 0.25) is 5.91 Å². The Labute approximate surface area is 135 Å². The van der Waals surface area contributed by atoms with E-state index in [1.165, 1.54) is 0 Å². The predicted octanol–water partition coefficient (Wildman–Crippen LogP) is 4.57. The second-order valence-corrected chi connectivity index (χ2v) is 5.91. The molecule has 0 saturated carbocycles. The summed E-state index contributed by atoms with van der Waals surface area (Å²) in [7, 11) is 0. The van der Waals surface area contributed by atoms with Crippen LogP contribution in [-0.4, -0.2) is 5.91 Å². The van der Waals surface area contributed by atoms with Gasteiger partial charge in [0.05, 0.1) is 6.54 Å². The van der Waals surface area contributed by atoms with Crippen LogP contribution in [0, 0.1) is 5.92 Å². The van der Waals surface area contributed by atoms with Gasteiger partial charge in [0.1, 0.15) is 11.5 Å². The van der Waals surface area contributed by atoms with Crippen LogP contribution >= 0.6 is 11.6 Å². The van der Waals surface area contributed by atoms with E-state index in [1.807, 2.05) is 36.4 Å². The Morgan fingerprint density at radius 1 is 1.18 bits per heavy atom. The molecule has 0 unspecified atom stereocenters. The number of carbonyl (C=O) groups excluding carboxylic acids is 1. The smallest absolute Gasteiger partial charge is 0.223 e. The van der Waals surface area contributed by atoms with Crippen LogP contribution in [0.25, 0.3) is 11.3 Å². The first kappa shape index (κ1) is 14.9. The van der Waals surface area contributed by atoms with Crippen LogP contribution < -0.4 is 5.32 Å². The van der Waals surface area contributed by atoms with E-state index in [0.29, 0.717) is 11.6 Å². The summed E-state index contributed by atoms with van der Waals surface area (Å²) in [5, 5.41) is 3.65. The van der Waals surface area contributed by atoms with Gasteiger partial charge < -0.3 is 9.73 Å². The van der Waals surface area contributed by atoms with Crippen molar-refractivity contribution in [2.75, 3.05) is 0 Å². The van der Waals surface area contributed by atoms with Crippen LogP contribution in [0.2, 0.25) is 5.02 Å². The van der Waals surface area contributed by atoms with Crippen molar-refractivity contribution in [3.8, 4) is 11.3 Å². The number of amides is 1. The van der Waals surface area contributed by atoms with E-state index >= 15 is 0 Å². The number of rotatable bonds is 4. The molecule has 2 aromatic rings. The Bertz CT molecular complexity index is 673. The minimum absolute atomic E-state index is 0.0932. The highest BCUT2D eigenvalue weighted by Crippen LogP contribution is 2.24. The molecule has 0 bridgehead atoms. The number of allylic oxidation sites excluding steroid dienone is 2. The van der Waals surface area contributed by atoms with Gasteiger partial charge in [0.25, 0.3) is 0 Å².